The van der Waals surface area contributed by atoms with Gasteiger partial charge in [0, 0.05) is 22.6 Å². The van der Waals surface area contributed by atoms with Gasteiger partial charge in [0.15, 0.2) is 16.6 Å². The SMILES string of the molecule is O=C(Nc1nc(-c2ccc3c(c2)OCO3)cs1)c1ccc(Cl)c([N+](=O)[O-])c1. The van der Waals surface area contributed by atoms with Gasteiger partial charge in [0.1, 0.15) is 5.02 Å². The van der Waals surface area contributed by atoms with Crippen molar-refractivity contribution >= 4 is 39.7 Å². The quantitative estimate of drug-likeness (QED) is 0.513. The first-order valence-corrected chi connectivity index (χ1v) is 8.88. The molecule has 0 atom stereocenters. The molecule has 2 aromatic carbocycles. The van der Waals surface area contributed by atoms with Gasteiger partial charge in [-0.2, -0.15) is 0 Å². The number of fused-ring (bicyclic) bond motifs is 1. The summed E-state index contributed by atoms with van der Waals surface area (Å²) in [7, 11) is 0. The Balaban J connectivity index is 1.53. The molecule has 8 nitrogen and oxygen atoms in total. The summed E-state index contributed by atoms with van der Waals surface area (Å²) in [4.78, 5) is 27.0. The van der Waals surface area contributed by atoms with E-state index in [2.05, 4.69) is 10.3 Å². The van der Waals surface area contributed by atoms with Crippen molar-refractivity contribution < 1.29 is 19.2 Å². The Morgan fingerprint density at radius 1 is 1.22 bits per heavy atom. The van der Waals surface area contributed by atoms with Crippen LogP contribution in [0.15, 0.2) is 41.8 Å². The Kier molecular flexibility index (Phi) is 4.38. The highest BCUT2D eigenvalue weighted by molar-refractivity contribution is 7.14. The number of nitrogens with zero attached hydrogens (tertiary/aromatic N) is 2. The molecule has 0 saturated heterocycles. The normalized spacial score (nSPS) is 12.0. The molecule has 2 heterocycles. The number of carbonyl (C=O) groups is 1. The van der Waals surface area contributed by atoms with E-state index in [-0.39, 0.29) is 23.1 Å². The summed E-state index contributed by atoms with van der Waals surface area (Å²) >= 11 is 7.00. The Hall–Kier alpha value is -3.17. The van der Waals surface area contributed by atoms with Gasteiger partial charge >= 0.3 is 0 Å². The molecule has 0 unspecified atom stereocenters. The highest BCUT2D eigenvalue weighted by atomic mass is 35.5. The molecular weight excluding hydrogens is 394 g/mol. The minimum Gasteiger partial charge on any atom is -0.454 e. The van der Waals surface area contributed by atoms with Gasteiger partial charge in [-0.3, -0.25) is 20.2 Å². The van der Waals surface area contributed by atoms with Gasteiger partial charge in [0.25, 0.3) is 11.6 Å². The molecule has 0 aliphatic carbocycles. The molecule has 4 rings (SSSR count). The first-order chi connectivity index (χ1) is 13.0. The smallest absolute Gasteiger partial charge is 0.288 e. The number of rotatable bonds is 4. The van der Waals surface area contributed by atoms with E-state index in [1.54, 1.807) is 11.4 Å². The van der Waals surface area contributed by atoms with Gasteiger partial charge in [-0.05, 0) is 30.3 Å². The topological polar surface area (TPSA) is 104 Å². The van der Waals surface area contributed by atoms with Crippen molar-refractivity contribution in [1.82, 2.24) is 4.98 Å². The number of hydrogen-bond donors (Lipinski definition) is 1. The van der Waals surface area contributed by atoms with Crippen molar-refractivity contribution in [2.45, 2.75) is 0 Å². The van der Waals surface area contributed by atoms with Crippen LogP contribution >= 0.6 is 22.9 Å². The van der Waals surface area contributed by atoms with Crippen molar-refractivity contribution in [3.05, 3.63) is 62.5 Å². The lowest BCUT2D eigenvalue weighted by Crippen LogP contribution is -2.12. The molecule has 0 saturated carbocycles. The number of nitrogens with one attached hydrogen (secondary N) is 1. The molecule has 3 aromatic rings. The van der Waals surface area contributed by atoms with Gasteiger partial charge in [-0.1, -0.05) is 11.6 Å². The van der Waals surface area contributed by atoms with Crippen LogP contribution in [0.5, 0.6) is 11.5 Å². The fraction of sp³-hybridized carbons (Fsp3) is 0.0588. The van der Waals surface area contributed by atoms with Gasteiger partial charge < -0.3 is 9.47 Å². The van der Waals surface area contributed by atoms with Crippen LogP contribution in [0.25, 0.3) is 11.3 Å². The zero-order valence-corrected chi connectivity index (χ0v) is 15.0. The summed E-state index contributed by atoms with van der Waals surface area (Å²) in [5, 5.41) is 15.7. The van der Waals surface area contributed by atoms with Crippen LogP contribution in [-0.2, 0) is 0 Å². The Morgan fingerprint density at radius 2 is 2.04 bits per heavy atom. The summed E-state index contributed by atoms with van der Waals surface area (Å²) in [6.07, 6.45) is 0. The number of benzene rings is 2. The van der Waals surface area contributed by atoms with Crippen molar-refractivity contribution in [2.75, 3.05) is 12.1 Å². The summed E-state index contributed by atoms with van der Waals surface area (Å²) < 4.78 is 10.6. The maximum absolute atomic E-state index is 12.4. The fourth-order valence-electron chi connectivity index (χ4n) is 2.48. The lowest BCUT2D eigenvalue weighted by atomic mass is 10.1. The summed E-state index contributed by atoms with van der Waals surface area (Å²) in [5.41, 5.74) is 1.27. The van der Waals surface area contributed by atoms with Gasteiger partial charge in [0.2, 0.25) is 6.79 Å². The Labute approximate surface area is 161 Å². The molecular formula is C17H10ClN3O5S. The Morgan fingerprint density at radius 3 is 2.85 bits per heavy atom. The number of amides is 1. The standard InChI is InChI=1S/C17H10ClN3O5S/c18-11-3-1-10(5-13(11)21(23)24)16(22)20-17-19-12(7-27-17)9-2-4-14-15(6-9)26-8-25-14/h1-7H,8H2,(H,19,20,22). The number of ether oxygens (including phenoxy) is 2. The summed E-state index contributed by atoms with van der Waals surface area (Å²) in [6, 6.07) is 9.31. The van der Waals surface area contributed by atoms with Crippen LogP contribution < -0.4 is 14.8 Å². The van der Waals surface area contributed by atoms with E-state index in [1.807, 2.05) is 12.1 Å². The second kappa shape index (κ2) is 6.86. The minimum atomic E-state index is -0.639. The van der Waals surface area contributed by atoms with Crippen LogP contribution in [0.4, 0.5) is 10.8 Å². The van der Waals surface area contributed by atoms with Crippen LogP contribution in [0.3, 0.4) is 0 Å². The predicted octanol–water partition coefficient (Wildman–Crippen LogP) is 4.35. The zero-order chi connectivity index (χ0) is 19.0. The maximum Gasteiger partial charge on any atom is 0.288 e. The predicted molar refractivity (Wildman–Crippen MR) is 99.7 cm³/mol. The van der Waals surface area contributed by atoms with Crippen molar-refractivity contribution in [3.8, 4) is 22.8 Å². The third kappa shape index (κ3) is 3.42. The van der Waals surface area contributed by atoms with Gasteiger partial charge in [0.05, 0.1) is 10.6 Å². The number of nitro benzene ring substituents is 1. The van der Waals surface area contributed by atoms with E-state index in [4.69, 9.17) is 21.1 Å². The number of aromatic nitrogens is 1. The van der Waals surface area contributed by atoms with Gasteiger partial charge in [-0.25, -0.2) is 4.98 Å². The molecule has 1 aromatic heterocycles. The van der Waals surface area contributed by atoms with E-state index < -0.39 is 10.8 Å². The molecule has 0 fully saturated rings. The number of hydrogen-bond acceptors (Lipinski definition) is 7. The fourth-order valence-corrected chi connectivity index (χ4v) is 3.38. The van der Waals surface area contributed by atoms with Crippen LogP contribution in [0, 0.1) is 10.1 Å². The van der Waals surface area contributed by atoms with E-state index in [9.17, 15) is 14.9 Å². The molecule has 0 bridgehead atoms. The van der Waals surface area contributed by atoms with E-state index in [0.717, 1.165) is 11.6 Å². The van der Waals surface area contributed by atoms with Gasteiger partial charge in [-0.15, -0.1) is 11.3 Å². The summed E-state index contributed by atoms with van der Waals surface area (Å²) in [6.45, 7) is 0.185. The molecule has 1 aliphatic heterocycles. The highest BCUT2D eigenvalue weighted by Crippen LogP contribution is 2.36. The second-order valence-corrected chi connectivity index (χ2v) is 6.75. The zero-order valence-electron chi connectivity index (χ0n) is 13.5. The number of anilines is 1. The second-order valence-electron chi connectivity index (χ2n) is 5.48. The van der Waals surface area contributed by atoms with Crippen LogP contribution in [-0.4, -0.2) is 22.6 Å². The van der Waals surface area contributed by atoms with E-state index >= 15 is 0 Å². The van der Waals surface area contributed by atoms with Crippen molar-refractivity contribution in [2.24, 2.45) is 0 Å². The van der Waals surface area contributed by atoms with Crippen molar-refractivity contribution in [1.29, 1.82) is 0 Å². The third-order valence-electron chi connectivity index (χ3n) is 3.80. The molecule has 10 heteroatoms. The average Bonchev–Trinajstić information content (AvgIpc) is 3.30. The number of halogens is 1. The third-order valence-corrected chi connectivity index (χ3v) is 4.88. The molecule has 27 heavy (non-hydrogen) atoms. The van der Waals surface area contributed by atoms with Crippen LogP contribution in [0.1, 0.15) is 10.4 Å². The minimum absolute atomic E-state index is 0.0316. The van der Waals surface area contributed by atoms with Crippen molar-refractivity contribution in [3.63, 3.8) is 0 Å². The molecule has 136 valence electrons. The first kappa shape index (κ1) is 17.3. The average molecular weight is 404 g/mol. The molecule has 1 aliphatic rings. The largest absolute Gasteiger partial charge is 0.454 e. The lowest BCUT2D eigenvalue weighted by Gasteiger charge is -2.03. The monoisotopic (exact) mass is 403 g/mol. The molecule has 0 spiro atoms. The van der Waals surface area contributed by atoms with E-state index in [1.165, 1.54) is 23.5 Å². The number of carbonyl (C=O) groups excluding carboxylic acids is 1. The molecule has 0 radical (unpaired) electrons. The lowest BCUT2D eigenvalue weighted by molar-refractivity contribution is -0.384. The summed E-state index contributed by atoms with van der Waals surface area (Å²) in [5.74, 6) is 0.799. The Bertz CT molecular complexity index is 1070. The highest BCUT2D eigenvalue weighted by Gasteiger charge is 2.18. The van der Waals surface area contributed by atoms with Crippen LogP contribution in [0.2, 0.25) is 5.02 Å². The molecule has 1 amide bonds. The first-order valence-electron chi connectivity index (χ1n) is 7.62. The number of nitro groups is 1. The maximum atomic E-state index is 12.4. The van der Waals surface area contributed by atoms with E-state index in [0.29, 0.717) is 22.3 Å². The number of thiazole rings is 1. The molecule has 1 N–H and O–H groups in total.